The molecule has 0 spiro atoms. The van der Waals surface area contributed by atoms with Gasteiger partial charge < -0.3 is 25.4 Å². The van der Waals surface area contributed by atoms with Crippen LogP contribution < -0.4 is 20.7 Å². The van der Waals surface area contributed by atoms with Crippen LogP contribution in [-0.4, -0.2) is 38.7 Å². The number of benzene rings is 3. The molecule has 0 radical (unpaired) electrons. The third kappa shape index (κ3) is 7.45. The maximum atomic E-state index is 12.4. The number of nitrogens with one attached hydrogen (secondary N) is 3. The molecule has 0 saturated carbocycles. The van der Waals surface area contributed by atoms with Gasteiger partial charge in [-0.2, -0.15) is 0 Å². The number of amides is 2. The normalized spacial score (nSPS) is 10.3. The van der Waals surface area contributed by atoms with E-state index in [4.69, 9.17) is 9.47 Å². The summed E-state index contributed by atoms with van der Waals surface area (Å²) in [6.45, 7) is 1.51. The zero-order chi connectivity index (χ0) is 22.6. The lowest BCUT2D eigenvalue weighted by atomic mass is 10.1. The van der Waals surface area contributed by atoms with Gasteiger partial charge in [0.2, 0.25) is 5.91 Å². The summed E-state index contributed by atoms with van der Waals surface area (Å²) in [5.74, 6) is 0.340. The average molecular weight is 434 g/mol. The third-order valence-corrected chi connectivity index (χ3v) is 4.57. The summed E-state index contributed by atoms with van der Waals surface area (Å²) in [7, 11) is 1.62. The van der Waals surface area contributed by atoms with E-state index in [2.05, 4.69) is 16.0 Å². The summed E-state index contributed by atoms with van der Waals surface area (Å²) in [5.41, 5.74) is 2.91. The van der Waals surface area contributed by atoms with E-state index in [1.165, 1.54) is 0 Å². The molecule has 0 fully saturated rings. The minimum Gasteiger partial charge on any atom is -0.491 e. The zero-order valence-electron chi connectivity index (χ0n) is 18.0. The predicted molar refractivity (Wildman–Crippen MR) is 125 cm³/mol. The zero-order valence-corrected chi connectivity index (χ0v) is 18.0. The van der Waals surface area contributed by atoms with Crippen LogP contribution in [0.3, 0.4) is 0 Å². The fourth-order valence-corrected chi connectivity index (χ4v) is 2.92. The fraction of sp³-hybridized carbons (Fsp3) is 0.200. The highest BCUT2D eigenvalue weighted by molar-refractivity contribution is 5.96. The molecular formula is C25H27N3O4. The van der Waals surface area contributed by atoms with Crippen LogP contribution in [-0.2, 0) is 16.1 Å². The smallest absolute Gasteiger partial charge is 0.251 e. The second kappa shape index (κ2) is 12.1. The highest BCUT2D eigenvalue weighted by Gasteiger charge is 2.08. The van der Waals surface area contributed by atoms with Gasteiger partial charge in [0.1, 0.15) is 12.4 Å². The molecule has 3 aromatic rings. The van der Waals surface area contributed by atoms with Gasteiger partial charge in [0.25, 0.3) is 5.91 Å². The number of rotatable bonds is 11. The van der Waals surface area contributed by atoms with E-state index in [0.29, 0.717) is 42.4 Å². The largest absolute Gasteiger partial charge is 0.491 e. The molecule has 3 aromatic carbocycles. The van der Waals surface area contributed by atoms with Crippen LogP contribution in [0.1, 0.15) is 15.9 Å². The van der Waals surface area contributed by atoms with Gasteiger partial charge in [-0.1, -0.05) is 36.4 Å². The Morgan fingerprint density at radius 2 is 1.62 bits per heavy atom. The van der Waals surface area contributed by atoms with Crippen molar-refractivity contribution >= 4 is 23.2 Å². The van der Waals surface area contributed by atoms with Crippen LogP contribution in [0.25, 0.3) is 0 Å². The molecule has 166 valence electrons. The summed E-state index contributed by atoms with van der Waals surface area (Å²) in [6.07, 6.45) is 0. The first-order valence-corrected chi connectivity index (χ1v) is 10.3. The quantitative estimate of drug-likeness (QED) is 0.402. The Morgan fingerprint density at radius 3 is 2.38 bits per heavy atom. The molecule has 0 unspecified atom stereocenters. The molecule has 2 amide bonds. The SMILES string of the molecule is COCCOc1ccc(NC(=O)CNc2cccc(C(=O)NCc3ccccc3)c2)cc1. The minimum absolute atomic E-state index is 0.0706. The van der Waals surface area contributed by atoms with Crippen molar-refractivity contribution in [3.05, 3.63) is 90.0 Å². The number of anilines is 2. The lowest BCUT2D eigenvalue weighted by Crippen LogP contribution is -2.23. The second-order valence-corrected chi connectivity index (χ2v) is 7.02. The molecule has 32 heavy (non-hydrogen) atoms. The van der Waals surface area contributed by atoms with E-state index < -0.39 is 0 Å². The minimum atomic E-state index is -0.197. The van der Waals surface area contributed by atoms with E-state index in [9.17, 15) is 9.59 Å². The van der Waals surface area contributed by atoms with Crippen molar-refractivity contribution in [2.45, 2.75) is 6.54 Å². The van der Waals surface area contributed by atoms with Crippen molar-refractivity contribution in [3.8, 4) is 5.75 Å². The maximum absolute atomic E-state index is 12.4. The second-order valence-electron chi connectivity index (χ2n) is 7.02. The van der Waals surface area contributed by atoms with Crippen molar-refractivity contribution < 1.29 is 19.1 Å². The standard InChI is InChI=1S/C25H27N3O4/c1-31-14-15-32-23-12-10-21(11-13-23)28-24(29)18-26-22-9-5-8-20(16-22)25(30)27-17-19-6-3-2-4-7-19/h2-13,16,26H,14-15,17-18H2,1H3,(H,27,30)(H,28,29). The molecule has 3 rings (SSSR count). The average Bonchev–Trinajstić information content (AvgIpc) is 2.83. The van der Waals surface area contributed by atoms with Crippen molar-refractivity contribution in [2.24, 2.45) is 0 Å². The van der Waals surface area contributed by atoms with Crippen LogP contribution in [0, 0.1) is 0 Å². The van der Waals surface area contributed by atoms with Gasteiger partial charge in [0.15, 0.2) is 0 Å². The first kappa shape index (κ1) is 22.8. The van der Waals surface area contributed by atoms with Crippen LogP contribution in [0.5, 0.6) is 5.75 Å². The highest BCUT2D eigenvalue weighted by Crippen LogP contribution is 2.16. The molecule has 0 aliphatic heterocycles. The van der Waals surface area contributed by atoms with E-state index >= 15 is 0 Å². The van der Waals surface area contributed by atoms with Gasteiger partial charge in [-0.15, -0.1) is 0 Å². The Balaban J connectivity index is 1.46. The number of hydrogen-bond donors (Lipinski definition) is 3. The maximum Gasteiger partial charge on any atom is 0.251 e. The molecule has 0 aliphatic carbocycles. The van der Waals surface area contributed by atoms with E-state index in [-0.39, 0.29) is 18.4 Å². The summed E-state index contributed by atoms with van der Waals surface area (Å²) >= 11 is 0. The van der Waals surface area contributed by atoms with Gasteiger partial charge in [0, 0.05) is 30.6 Å². The lowest BCUT2D eigenvalue weighted by molar-refractivity contribution is -0.114. The summed E-state index contributed by atoms with van der Waals surface area (Å²) in [6, 6.07) is 23.9. The van der Waals surface area contributed by atoms with Gasteiger partial charge in [-0.05, 0) is 48.0 Å². The first-order chi connectivity index (χ1) is 15.6. The van der Waals surface area contributed by atoms with Gasteiger partial charge in [-0.25, -0.2) is 0 Å². The van der Waals surface area contributed by atoms with Crippen molar-refractivity contribution in [1.82, 2.24) is 5.32 Å². The van der Waals surface area contributed by atoms with E-state index in [0.717, 1.165) is 5.56 Å². The number of hydrogen-bond acceptors (Lipinski definition) is 5. The first-order valence-electron chi connectivity index (χ1n) is 10.3. The monoisotopic (exact) mass is 433 g/mol. The molecule has 0 saturated heterocycles. The van der Waals surface area contributed by atoms with Crippen LogP contribution in [0.4, 0.5) is 11.4 Å². The molecule has 3 N–H and O–H groups in total. The Kier molecular flexibility index (Phi) is 8.65. The third-order valence-electron chi connectivity index (χ3n) is 4.57. The molecule has 0 atom stereocenters. The molecular weight excluding hydrogens is 406 g/mol. The number of methoxy groups -OCH3 is 1. The molecule has 0 heterocycles. The lowest BCUT2D eigenvalue weighted by Gasteiger charge is -2.10. The van der Waals surface area contributed by atoms with E-state index in [1.54, 1.807) is 49.6 Å². The summed E-state index contributed by atoms with van der Waals surface area (Å²) in [4.78, 5) is 24.7. The van der Waals surface area contributed by atoms with Gasteiger partial charge in [-0.3, -0.25) is 9.59 Å². The molecule has 7 heteroatoms. The Bertz CT molecular complexity index is 1010. The Labute approximate surface area is 187 Å². The van der Waals surface area contributed by atoms with Gasteiger partial charge in [0.05, 0.1) is 13.2 Å². The highest BCUT2D eigenvalue weighted by atomic mass is 16.5. The van der Waals surface area contributed by atoms with E-state index in [1.807, 2.05) is 36.4 Å². The van der Waals surface area contributed by atoms with Crippen molar-refractivity contribution in [3.63, 3.8) is 0 Å². The van der Waals surface area contributed by atoms with Crippen molar-refractivity contribution in [2.75, 3.05) is 37.5 Å². The molecule has 7 nitrogen and oxygen atoms in total. The predicted octanol–water partition coefficient (Wildman–Crippen LogP) is 3.69. The molecule has 0 aromatic heterocycles. The topological polar surface area (TPSA) is 88.7 Å². The van der Waals surface area contributed by atoms with Crippen LogP contribution >= 0.6 is 0 Å². The van der Waals surface area contributed by atoms with Crippen molar-refractivity contribution in [1.29, 1.82) is 0 Å². The van der Waals surface area contributed by atoms with Crippen LogP contribution in [0.15, 0.2) is 78.9 Å². The number of ether oxygens (including phenoxy) is 2. The van der Waals surface area contributed by atoms with Crippen LogP contribution in [0.2, 0.25) is 0 Å². The Hall–Kier alpha value is -3.84. The summed E-state index contributed by atoms with van der Waals surface area (Å²) < 4.78 is 10.4. The molecule has 0 bridgehead atoms. The number of carbonyl (C=O) groups is 2. The Morgan fingerprint density at radius 1 is 0.844 bits per heavy atom. The summed E-state index contributed by atoms with van der Waals surface area (Å²) in [5, 5.41) is 8.77. The fourth-order valence-electron chi connectivity index (χ4n) is 2.92. The van der Waals surface area contributed by atoms with Gasteiger partial charge >= 0.3 is 0 Å². The molecule has 0 aliphatic rings. The number of carbonyl (C=O) groups excluding carboxylic acids is 2.